The van der Waals surface area contributed by atoms with Crippen molar-refractivity contribution in [3.63, 3.8) is 0 Å². The molecule has 2 aromatic rings. The molecule has 4 rings (SSSR count). The molecule has 1 saturated carbocycles. The van der Waals surface area contributed by atoms with Gasteiger partial charge in [0.1, 0.15) is 12.4 Å². The molecular formula is C29H35ClN2O3. The van der Waals surface area contributed by atoms with E-state index in [1.807, 2.05) is 66.9 Å². The summed E-state index contributed by atoms with van der Waals surface area (Å²) in [6, 6.07) is 17.2. The van der Waals surface area contributed by atoms with Crippen molar-refractivity contribution in [2.24, 2.45) is 11.7 Å². The summed E-state index contributed by atoms with van der Waals surface area (Å²) in [7, 11) is 0. The van der Waals surface area contributed by atoms with Crippen LogP contribution in [0.4, 0.5) is 0 Å². The number of hydrogen-bond donors (Lipinski definition) is 2. The summed E-state index contributed by atoms with van der Waals surface area (Å²) in [5.41, 5.74) is 7.10. The van der Waals surface area contributed by atoms with Gasteiger partial charge in [-0.3, -0.25) is 4.79 Å². The molecular weight excluding hydrogens is 460 g/mol. The molecule has 6 heteroatoms. The van der Waals surface area contributed by atoms with Gasteiger partial charge < -0.3 is 20.5 Å². The quantitative estimate of drug-likeness (QED) is 0.426. The third-order valence-corrected chi connectivity index (χ3v) is 7.72. The maximum atomic E-state index is 12.5. The van der Waals surface area contributed by atoms with Crippen molar-refractivity contribution in [3.8, 4) is 0 Å². The predicted octanol–water partition coefficient (Wildman–Crippen LogP) is 5.89. The molecule has 1 fully saturated rings. The van der Waals surface area contributed by atoms with Gasteiger partial charge in [0, 0.05) is 16.8 Å². The highest BCUT2D eigenvalue weighted by molar-refractivity contribution is 6.31. The number of carbonyl (C=O) groups excluding carboxylic acids is 1. The van der Waals surface area contributed by atoms with Gasteiger partial charge in [-0.05, 0) is 36.5 Å². The number of primary amides is 1. The van der Waals surface area contributed by atoms with Crippen molar-refractivity contribution in [1.29, 1.82) is 0 Å². The number of aliphatic hydroxyl groups excluding tert-OH is 1. The lowest BCUT2D eigenvalue weighted by molar-refractivity contribution is -0.121. The van der Waals surface area contributed by atoms with Crippen LogP contribution in [-0.2, 0) is 16.1 Å². The van der Waals surface area contributed by atoms with Crippen molar-refractivity contribution in [1.82, 2.24) is 4.90 Å². The monoisotopic (exact) mass is 494 g/mol. The van der Waals surface area contributed by atoms with Crippen LogP contribution in [0.2, 0.25) is 5.02 Å². The summed E-state index contributed by atoms with van der Waals surface area (Å²) >= 11 is 6.33. The van der Waals surface area contributed by atoms with Crippen LogP contribution in [0.3, 0.4) is 0 Å². The van der Waals surface area contributed by atoms with Crippen molar-refractivity contribution < 1.29 is 14.6 Å². The van der Waals surface area contributed by atoms with Crippen LogP contribution in [0.5, 0.6) is 0 Å². The van der Waals surface area contributed by atoms with Gasteiger partial charge in [0.25, 0.3) is 0 Å². The summed E-state index contributed by atoms with van der Waals surface area (Å²) < 4.78 is 6.17. The van der Waals surface area contributed by atoms with Gasteiger partial charge in [-0.1, -0.05) is 91.9 Å². The number of benzene rings is 2. The number of hydrogen-bond acceptors (Lipinski definition) is 4. The molecule has 1 aliphatic carbocycles. The molecule has 2 aliphatic rings. The molecule has 2 atom stereocenters. The number of halogens is 1. The van der Waals surface area contributed by atoms with Crippen LogP contribution >= 0.6 is 11.6 Å². The van der Waals surface area contributed by atoms with Gasteiger partial charge >= 0.3 is 0 Å². The lowest BCUT2D eigenvalue weighted by Gasteiger charge is -2.51. The highest BCUT2D eigenvalue weighted by Gasteiger charge is 2.46. The van der Waals surface area contributed by atoms with Crippen molar-refractivity contribution in [2.75, 3.05) is 6.61 Å². The Hall–Kier alpha value is -2.76. The first kappa shape index (κ1) is 25.3. The molecule has 0 aromatic heterocycles. The minimum atomic E-state index is -0.628. The normalized spacial score (nSPS) is 21.8. The Kier molecular flexibility index (Phi) is 8.53. The van der Waals surface area contributed by atoms with E-state index in [9.17, 15) is 9.90 Å². The van der Waals surface area contributed by atoms with Gasteiger partial charge in [0.2, 0.25) is 5.91 Å². The molecule has 5 nitrogen and oxygen atoms in total. The van der Waals surface area contributed by atoms with Gasteiger partial charge in [-0.15, -0.1) is 0 Å². The van der Waals surface area contributed by atoms with E-state index in [1.165, 1.54) is 12.8 Å². The zero-order valence-electron chi connectivity index (χ0n) is 20.1. The van der Waals surface area contributed by atoms with Crippen molar-refractivity contribution >= 4 is 17.5 Å². The Bertz CT molecular complexity index is 1050. The number of amides is 1. The number of allylic oxidation sites excluding steroid dienone is 1. The molecule has 35 heavy (non-hydrogen) atoms. The standard InChI is InChI=1S/C29H35ClN2O3/c30-26-15-9-8-12-23(26)21-35-25-16-17-29(18-28(31)34,24-13-6-1-2-7-14-24)32(19-25)27(20-33)22-10-4-3-5-11-22/h3-5,8-12,15-17,19,24,27,33H,1-2,6-7,13-14,18,20-21H2,(H2,31,34)/t27-,29?/m0/s1. The molecule has 3 N–H and O–H groups in total. The molecule has 1 heterocycles. The molecule has 0 saturated heterocycles. The average Bonchev–Trinajstić information content (AvgIpc) is 3.16. The van der Waals surface area contributed by atoms with Gasteiger partial charge in [-0.25, -0.2) is 0 Å². The van der Waals surface area contributed by atoms with E-state index < -0.39 is 5.54 Å². The van der Waals surface area contributed by atoms with E-state index >= 15 is 0 Å². The highest BCUT2D eigenvalue weighted by atomic mass is 35.5. The number of nitrogens with two attached hydrogens (primary N) is 1. The third kappa shape index (κ3) is 5.91. The van der Waals surface area contributed by atoms with E-state index in [0.717, 1.165) is 36.8 Å². The van der Waals surface area contributed by atoms with Gasteiger partial charge in [0.15, 0.2) is 0 Å². The number of carbonyl (C=O) groups is 1. The second kappa shape index (κ2) is 11.8. The fourth-order valence-corrected chi connectivity index (χ4v) is 5.77. The largest absolute Gasteiger partial charge is 0.487 e. The Morgan fingerprint density at radius 3 is 2.43 bits per heavy atom. The molecule has 1 amide bonds. The van der Waals surface area contributed by atoms with Crippen LogP contribution in [0.1, 0.15) is 62.1 Å². The SMILES string of the molecule is NC(=O)CC1(C2CCCCCC2)C=CC(OCc2ccccc2Cl)=CN1[C@@H](CO)c1ccccc1. The maximum Gasteiger partial charge on any atom is 0.220 e. The van der Waals surface area contributed by atoms with Gasteiger partial charge in [0.05, 0.1) is 24.6 Å². The summed E-state index contributed by atoms with van der Waals surface area (Å²) in [5.74, 6) is 0.559. The Labute approximate surface area is 213 Å². The lowest BCUT2D eigenvalue weighted by atomic mass is 9.73. The fraction of sp³-hybridized carbons (Fsp3) is 0.414. The van der Waals surface area contributed by atoms with Gasteiger partial charge in [-0.2, -0.15) is 0 Å². The molecule has 0 bridgehead atoms. The van der Waals surface area contributed by atoms with E-state index in [1.54, 1.807) is 0 Å². The average molecular weight is 495 g/mol. The zero-order chi connectivity index (χ0) is 24.7. The first-order valence-electron chi connectivity index (χ1n) is 12.5. The first-order valence-corrected chi connectivity index (χ1v) is 12.9. The highest BCUT2D eigenvalue weighted by Crippen LogP contribution is 2.45. The molecule has 1 unspecified atom stereocenters. The smallest absolute Gasteiger partial charge is 0.220 e. The van der Waals surface area contributed by atoms with E-state index in [2.05, 4.69) is 11.0 Å². The summed E-state index contributed by atoms with van der Waals surface area (Å²) in [6.45, 7) is 0.227. The Morgan fingerprint density at radius 2 is 1.77 bits per heavy atom. The molecule has 2 aromatic carbocycles. The van der Waals surface area contributed by atoms with Crippen LogP contribution in [-0.4, -0.2) is 28.1 Å². The minimum Gasteiger partial charge on any atom is -0.487 e. The number of nitrogens with zero attached hydrogens (tertiary/aromatic N) is 1. The predicted molar refractivity (Wildman–Crippen MR) is 139 cm³/mol. The number of ether oxygens (including phenoxy) is 1. The van der Waals surface area contributed by atoms with Crippen LogP contribution in [0.15, 0.2) is 78.7 Å². The molecule has 1 aliphatic heterocycles. The second-order valence-electron chi connectivity index (χ2n) is 9.58. The van der Waals surface area contributed by atoms with Crippen molar-refractivity contribution in [2.45, 2.75) is 63.1 Å². The van der Waals surface area contributed by atoms with Crippen LogP contribution in [0, 0.1) is 5.92 Å². The first-order chi connectivity index (χ1) is 17.0. The summed E-state index contributed by atoms with van der Waals surface area (Å²) in [5, 5.41) is 11.3. The van der Waals surface area contributed by atoms with Crippen LogP contribution < -0.4 is 5.73 Å². The number of rotatable bonds is 9. The third-order valence-electron chi connectivity index (χ3n) is 7.35. The van der Waals surface area contributed by atoms with E-state index in [0.29, 0.717) is 17.4 Å². The van der Waals surface area contributed by atoms with Crippen molar-refractivity contribution in [3.05, 3.63) is 94.9 Å². The summed E-state index contributed by atoms with van der Waals surface area (Å²) in [6.07, 6.45) is 12.9. The maximum absolute atomic E-state index is 12.5. The number of aliphatic hydroxyl groups is 1. The van der Waals surface area contributed by atoms with E-state index in [-0.39, 0.29) is 30.9 Å². The van der Waals surface area contributed by atoms with E-state index in [4.69, 9.17) is 22.1 Å². The molecule has 0 radical (unpaired) electrons. The van der Waals surface area contributed by atoms with Crippen LogP contribution in [0.25, 0.3) is 0 Å². The zero-order valence-corrected chi connectivity index (χ0v) is 20.9. The molecule has 0 spiro atoms. The minimum absolute atomic E-state index is 0.0978. The Balaban J connectivity index is 1.73. The Morgan fingerprint density at radius 1 is 1.09 bits per heavy atom. The second-order valence-corrected chi connectivity index (χ2v) is 9.99. The topological polar surface area (TPSA) is 75.8 Å². The molecule has 186 valence electrons. The lowest BCUT2D eigenvalue weighted by Crippen LogP contribution is -2.55. The summed E-state index contributed by atoms with van der Waals surface area (Å²) in [4.78, 5) is 14.6. The fourth-order valence-electron chi connectivity index (χ4n) is 5.58.